The molecule has 1 unspecified atom stereocenters. The number of hydrogen-bond acceptors (Lipinski definition) is 3. The molecule has 4 nitrogen and oxygen atoms in total. The van der Waals surface area contributed by atoms with Crippen molar-refractivity contribution < 1.29 is 18.0 Å². The van der Waals surface area contributed by atoms with Crippen LogP contribution in [-0.2, 0) is 11.0 Å². The molecule has 2 aliphatic rings. The first kappa shape index (κ1) is 21.4. The fraction of sp³-hybridized carbons (Fsp3) is 0.417. The van der Waals surface area contributed by atoms with Gasteiger partial charge >= 0.3 is 6.18 Å². The molecule has 0 spiro atoms. The molecule has 31 heavy (non-hydrogen) atoms. The maximum Gasteiger partial charge on any atom is 0.418 e. The van der Waals surface area contributed by atoms with Gasteiger partial charge in [-0.3, -0.25) is 9.79 Å². The number of nitrogens with one attached hydrogen (secondary N) is 1. The largest absolute Gasteiger partial charge is 0.418 e. The van der Waals surface area contributed by atoms with Gasteiger partial charge in [0.15, 0.2) is 0 Å². The van der Waals surface area contributed by atoms with Crippen LogP contribution in [-0.4, -0.2) is 25.2 Å². The molecule has 4 rings (SSSR count). The van der Waals surface area contributed by atoms with Gasteiger partial charge in [0.05, 0.1) is 11.3 Å². The lowest BCUT2D eigenvalue weighted by Gasteiger charge is -2.29. The molecule has 1 atom stereocenters. The van der Waals surface area contributed by atoms with Crippen LogP contribution in [0.4, 0.5) is 30.2 Å². The second-order valence-electron chi connectivity index (χ2n) is 8.24. The molecule has 1 fully saturated rings. The number of hydrogen-bond donors (Lipinski definition) is 1. The standard InChI is InChI=1S/C24H26F3N3O/c1-16-8-7-9-20-22(16)18(23(31)29-20)15-28-17-10-11-21(19(14-17)24(25,26)27)30-12-5-3-2-4-6-13-30/h7-11,14-15,18H,2-6,12-13H2,1H3,(H,29,31). The van der Waals surface area contributed by atoms with Crippen LogP contribution in [0.2, 0.25) is 0 Å². The summed E-state index contributed by atoms with van der Waals surface area (Å²) in [4.78, 5) is 18.5. The summed E-state index contributed by atoms with van der Waals surface area (Å²) in [6, 6.07) is 9.79. The van der Waals surface area contributed by atoms with Crippen LogP contribution in [0.3, 0.4) is 0 Å². The van der Waals surface area contributed by atoms with Crippen molar-refractivity contribution in [3.8, 4) is 0 Å². The predicted molar refractivity (Wildman–Crippen MR) is 117 cm³/mol. The number of fused-ring (bicyclic) bond motifs is 1. The first-order chi connectivity index (χ1) is 14.8. The summed E-state index contributed by atoms with van der Waals surface area (Å²) in [6.07, 6.45) is 2.00. The number of anilines is 2. The van der Waals surface area contributed by atoms with Gasteiger partial charge < -0.3 is 10.2 Å². The number of benzene rings is 2. The van der Waals surface area contributed by atoms with E-state index in [1.807, 2.05) is 30.0 Å². The first-order valence-corrected chi connectivity index (χ1v) is 10.8. The third-order valence-electron chi connectivity index (χ3n) is 6.03. The molecule has 0 aromatic heterocycles. The number of aryl methyl sites for hydroxylation is 1. The molecule has 2 heterocycles. The van der Waals surface area contributed by atoms with Crippen molar-refractivity contribution in [1.82, 2.24) is 0 Å². The van der Waals surface area contributed by atoms with Crippen molar-refractivity contribution in [3.05, 3.63) is 53.1 Å². The van der Waals surface area contributed by atoms with Gasteiger partial charge in [-0.15, -0.1) is 0 Å². The molecule has 2 aliphatic heterocycles. The zero-order chi connectivity index (χ0) is 22.0. The van der Waals surface area contributed by atoms with Gasteiger partial charge in [0.1, 0.15) is 5.92 Å². The third kappa shape index (κ3) is 4.60. The Hall–Kier alpha value is -2.83. The van der Waals surface area contributed by atoms with Crippen LogP contribution in [0.25, 0.3) is 0 Å². The zero-order valence-electron chi connectivity index (χ0n) is 17.5. The summed E-state index contributed by atoms with van der Waals surface area (Å²) in [5, 5.41) is 2.81. The summed E-state index contributed by atoms with van der Waals surface area (Å²) in [5.41, 5.74) is 2.23. The van der Waals surface area contributed by atoms with Gasteiger partial charge in [-0.2, -0.15) is 13.2 Å². The highest BCUT2D eigenvalue weighted by Crippen LogP contribution is 2.40. The Balaban J connectivity index is 1.64. The molecular weight excluding hydrogens is 403 g/mol. The smallest absolute Gasteiger partial charge is 0.371 e. The van der Waals surface area contributed by atoms with E-state index in [0.717, 1.165) is 55.0 Å². The topological polar surface area (TPSA) is 44.7 Å². The van der Waals surface area contributed by atoms with Crippen LogP contribution < -0.4 is 10.2 Å². The van der Waals surface area contributed by atoms with Crippen molar-refractivity contribution in [2.75, 3.05) is 23.3 Å². The highest BCUT2D eigenvalue weighted by atomic mass is 19.4. The number of carbonyl (C=O) groups is 1. The molecular formula is C24H26F3N3O. The minimum absolute atomic E-state index is 0.193. The van der Waals surface area contributed by atoms with Gasteiger partial charge in [0, 0.05) is 30.7 Å². The lowest BCUT2D eigenvalue weighted by atomic mass is 9.97. The number of alkyl halides is 3. The summed E-state index contributed by atoms with van der Waals surface area (Å²) < 4.78 is 41.6. The van der Waals surface area contributed by atoms with E-state index in [9.17, 15) is 18.0 Å². The van der Waals surface area contributed by atoms with Crippen LogP contribution in [0.1, 0.15) is 54.7 Å². The Labute approximate surface area is 180 Å². The monoisotopic (exact) mass is 429 g/mol. The maximum absolute atomic E-state index is 13.9. The minimum atomic E-state index is -4.48. The Bertz CT molecular complexity index is 992. The first-order valence-electron chi connectivity index (χ1n) is 10.8. The number of amides is 1. The Kier molecular flexibility index (Phi) is 6.03. The third-order valence-corrected chi connectivity index (χ3v) is 6.03. The van der Waals surface area contributed by atoms with Gasteiger partial charge in [0.25, 0.3) is 0 Å². The van der Waals surface area contributed by atoms with E-state index in [-0.39, 0.29) is 17.3 Å². The van der Waals surface area contributed by atoms with Gasteiger partial charge in [-0.1, -0.05) is 31.4 Å². The molecule has 2 aromatic rings. The molecule has 0 aliphatic carbocycles. The average Bonchev–Trinajstić information content (AvgIpc) is 3.02. The van der Waals surface area contributed by atoms with E-state index in [1.54, 1.807) is 6.07 Å². The van der Waals surface area contributed by atoms with Crippen molar-refractivity contribution >= 4 is 29.2 Å². The second kappa shape index (κ2) is 8.73. The van der Waals surface area contributed by atoms with E-state index in [1.165, 1.54) is 12.3 Å². The second-order valence-corrected chi connectivity index (χ2v) is 8.24. The SMILES string of the molecule is Cc1cccc2c1C(C=Nc1ccc(N3CCCCCCC3)c(C(F)(F)F)c1)C(=O)N2. The van der Waals surface area contributed by atoms with E-state index in [0.29, 0.717) is 13.1 Å². The summed E-state index contributed by atoms with van der Waals surface area (Å²) in [6.45, 7) is 3.16. The van der Waals surface area contributed by atoms with E-state index < -0.39 is 17.7 Å². The van der Waals surface area contributed by atoms with Gasteiger partial charge in [-0.05, 0) is 55.2 Å². The minimum Gasteiger partial charge on any atom is -0.371 e. The molecule has 0 radical (unpaired) electrons. The van der Waals surface area contributed by atoms with Gasteiger partial charge in [0.2, 0.25) is 5.91 Å². The molecule has 7 heteroatoms. The van der Waals surface area contributed by atoms with Crippen LogP contribution >= 0.6 is 0 Å². The summed E-state index contributed by atoms with van der Waals surface area (Å²) in [5.74, 6) is -0.832. The number of aliphatic imine (C=N–C) groups is 1. The number of rotatable bonds is 3. The number of halogens is 3. The predicted octanol–water partition coefficient (Wildman–Crippen LogP) is 6.22. The molecule has 0 bridgehead atoms. The van der Waals surface area contributed by atoms with Crippen molar-refractivity contribution in [2.45, 2.75) is 51.1 Å². The Morgan fingerprint density at radius 3 is 2.48 bits per heavy atom. The Morgan fingerprint density at radius 1 is 1.06 bits per heavy atom. The molecule has 0 saturated carbocycles. The maximum atomic E-state index is 13.9. The average molecular weight is 429 g/mol. The molecule has 1 saturated heterocycles. The van der Waals surface area contributed by atoms with E-state index in [2.05, 4.69) is 10.3 Å². The highest BCUT2D eigenvalue weighted by molar-refractivity contribution is 6.13. The van der Waals surface area contributed by atoms with Crippen LogP contribution in [0.5, 0.6) is 0 Å². The molecule has 164 valence electrons. The van der Waals surface area contributed by atoms with Crippen LogP contribution in [0, 0.1) is 6.92 Å². The molecule has 1 amide bonds. The molecule has 1 N–H and O–H groups in total. The number of nitrogens with zero attached hydrogens (tertiary/aromatic N) is 2. The van der Waals surface area contributed by atoms with Crippen LogP contribution in [0.15, 0.2) is 41.4 Å². The molecule has 2 aromatic carbocycles. The fourth-order valence-corrected chi connectivity index (χ4v) is 4.44. The highest BCUT2D eigenvalue weighted by Gasteiger charge is 2.35. The number of carbonyl (C=O) groups excluding carboxylic acids is 1. The zero-order valence-corrected chi connectivity index (χ0v) is 17.5. The quantitative estimate of drug-likeness (QED) is 0.589. The Morgan fingerprint density at radius 2 is 1.77 bits per heavy atom. The van der Waals surface area contributed by atoms with Gasteiger partial charge in [-0.25, -0.2) is 0 Å². The lowest BCUT2D eigenvalue weighted by molar-refractivity contribution is -0.137. The summed E-state index contributed by atoms with van der Waals surface area (Å²) in [7, 11) is 0. The normalized spacial score (nSPS) is 19.8. The summed E-state index contributed by atoms with van der Waals surface area (Å²) >= 11 is 0. The van der Waals surface area contributed by atoms with Crippen molar-refractivity contribution in [2.24, 2.45) is 4.99 Å². The lowest BCUT2D eigenvalue weighted by Crippen LogP contribution is -2.29. The van der Waals surface area contributed by atoms with Crippen molar-refractivity contribution in [3.63, 3.8) is 0 Å². The van der Waals surface area contributed by atoms with E-state index in [4.69, 9.17) is 0 Å². The van der Waals surface area contributed by atoms with Crippen molar-refractivity contribution in [1.29, 1.82) is 0 Å². The van der Waals surface area contributed by atoms with E-state index >= 15 is 0 Å². The fourth-order valence-electron chi connectivity index (χ4n) is 4.44.